The molecule has 0 aliphatic carbocycles. The van der Waals surface area contributed by atoms with E-state index in [-0.39, 0.29) is 0 Å². The van der Waals surface area contributed by atoms with Crippen LogP contribution in [0.4, 0.5) is 0 Å². The van der Waals surface area contributed by atoms with Crippen molar-refractivity contribution in [3.63, 3.8) is 0 Å². The van der Waals surface area contributed by atoms with E-state index in [2.05, 4.69) is 17.9 Å². The standard InChI is InChI=1S/C9H6N/c1-2-3-7-10-8-5-4-6-9-10/h1,4-6,8-9H/q+1. The number of hydrogen-bond acceptors (Lipinski definition) is 0. The van der Waals surface area contributed by atoms with E-state index in [9.17, 15) is 0 Å². The van der Waals surface area contributed by atoms with Crippen molar-refractivity contribution in [3.05, 3.63) is 30.6 Å². The summed E-state index contributed by atoms with van der Waals surface area (Å²) >= 11 is 0. The summed E-state index contributed by atoms with van der Waals surface area (Å²) in [6, 6.07) is 8.44. The fraction of sp³-hybridized carbons (Fsp3) is 0. The molecule has 1 aromatic heterocycles. The molecule has 0 bridgehead atoms. The fourth-order valence-electron chi connectivity index (χ4n) is 0.570. The molecule has 0 unspecified atom stereocenters. The van der Waals surface area contributed by atoms with Crippen molar-refractivity contribution in [3.8, 4) is 24.3 Å². The Labute approximate surface area is 60.3 Å². The first kappa shape index (κ1) is 6.39. The third-order valence-corrected chi connectivity index (χ3v) is 0.973. The molecular weight excluding hydrogens is 122 g/mol. The van der Waals surface area contributed by atoms with Gasteiger partial charge in [0.1, 0.15) is 0 Å². The van der Waals surface area contributed by atoms with E-state index in [0.29, 0.717) is 0 Å². The average molecular weight is 128 g/mol. The Hall–Kier alpha value is -1.73. The third kappa shape index (κ3) is 1.65. The van der Waals surface area contributed by atoms with Gasteiger partial charge in [0.05, 0.1) is 5.92 Å². The predicted molar refractivity (Wildman–Crippen MR) is 38.6 cm³/mol. The van der Waals surface area contributed by atoms with E-state index in [1.54, 1.807) is 4.57 Å². The van der Waals surface area contributed by atoms with Crippen LogP contribution in [0.3, 0.4) is 0 Å². The van der Waals surface area contributed by atoms with Gasteiger partial charge in [0.15, 0.2) is 12.4 Å². The summed E-state index contributed by atoms with van der Waals surface area (Å²) in [7, 11) is 0. The van der Waals surface area contributed by atoms with Crippen LogP contribution in [-0.2, 0) is 0 Å². The monoisotopic (exact) mass is 128 g/mol. The van der Waals surface area contributed by atoms with Gasteiger partial charge in [0, 0.05) is 12.1 Å². The lowest BCUT2D eigenvalue weighted by atomic mass is 10.5. The third-order valence-electron chi connectivity index (χ3n) is 0.973. The largest absolute Gasteiger partial charge is 0.243 e. The predicted octanol–water partition coefficient (Wildman–Crippen LogP) is 0.416. The minimum absolute atomic E-state index is 1.71. The molecule has 0 radical (unpaired) electrons. The van der Waals surface area contributed by atoms with Crippen LogP contribution in [0.2, 0.25) is 0 Å². The highest BCUT2D eigenvalue weighted by molar-refractivity contribution is 5.18. The molecule has 10 heavy (non-hydrogen) atoms. The van der Waals surface area contributed by atoms with Gasteiger partial charge in [-0.05, 0) is 5.92 Å². The summed E-state index contributed by atoms with van der Waals surface area (Å²) in [5, 5.41) is 0. The molecule has 0 spiro atoms. The molecule has 46 valence electrons. The van der Waals surface area contributed by atoms with Gasteiger partial charge in [-0.1, -0.05) is 6.07 Å². The van der Waals surface area contributed by atoms with E-state index < -0.39 is 0 Å². The van der Waals surface area contributed by atoms with Gasteiger partial charge in [-0.3, -0.25) is 0 Å². The van der Waals surface area contributed by atoms with Crippen molar-refractivity contribution in [2.24, 2.45) is 0 Å². The van der Waals surface area contributed by atoms with Crippen molar-refractivity contribution in [1.82, 2.24) is 0 Å². The second kappa shape index (κ2) is 3.33. The minimum Gasteiger partial charge on any atom is -0.118 e. The maximum Gasteiger partial charge on any atom is 0.243 e. The number of rotatable bonds is 0. The van der Waals surface area contributed by atoms with Gasteiger partial charge in [-0.2, -0.15) is 0 Å². The number of pyridine rings is 1. The van der Waals surface area contributed by atoms with Crippen molar-refractivity contribution >= 4 is 0 Å². The number of aromatic nitrogens is 1. The van der Waals surface area contributed by atoms with E-state index >= 15 is 0 Å². The summed E-state index contributed by atoms with van der Waals surface area (Å²) in [6.45, 7) is 0. The highest BCUT2D eigenvalue weighted by atomic mass is 14.9. The Morgan fingerprint density at radius 3 is 2.40 bits per heavy atom. The lowest BCUT2D eigenvalue weighted by Gasteiger charge is -1.76. The van der Waals surface area contributed by atoms with Gasteiger partial charge in [-0.15, -0.1) is 11.0 Å². The normalized spacial score (nSPS) is 7.10. The van der Waals surface area contributed by atoms with Crippen LogP contribution in [0.25, 0.3) is 0 Å². The molecule has 0 N–H and O–H groups in total. The molecule has 0 fully saturated rings. The molecule has 0 saturated heterocycles. The van der Waals surface area contributed by atoms with E-state index in [0.717, 1.165) is 0 Å². The highest BCUT2D eigenvalue weighted by Gasteiger charge is 1.86. The van der Waals surface area contributed by atoms with Crippen LogP contribution in [-0.4, -0.2) is 0 Å². The van der Waals surface area contributed by atoms with E-state index in [1.807, 2.05) is 30.6 Å². The van der Waals surface area contributed by atoms with Crippen LogP contribution in [0, 0.1) is 24.3 Å². The van der Waals surface area contributed by atoms with Gasteiger partial charge < -0.3 is 0 Å². The second-order valence-corrected chi connectivity index (χ2v) is 1.66. The molecule has 0 aliphatic heterocycles. The fourth-order valence-corrected chi connectivity index (χ4v) is 0.570. The van der Waals surface area contributed by atoms with Crippen molar-refractivity contribution < 1.29 is 4.57 Å². The zero-order chi connectivity index (χ0) is 7.23. The highest BCUT2D eigenvalue weighted by Crippen LogP contribution is 1.73. The minimum atomic E-state index is 1.71. The van der Waals surface area contributed by atoms with Crippen LogP contribution in [0.15, 0.2) is 30.6 Å². The first-order valence-corrected chi connectivity index (χ1v) is 2.86. The molecule has 0 aliphatic rings. The molecule has 0 atom stereocenters. The van der Waals surface area contributed by atoms with Crippen LogP contribution >= 0.6 is 0 Å². The molecule has 1 heteroatoms. The van der Waals surface area contributed by atoms with Gasteiger partial charge >= 0.3 is 0 Å². The van der Waals surface area contributed by atoms with Gasteiger partial charge in [-0.25, -0.2) is 0 Å². The Morgan fingerprint density at radius 1 is 1.10 bits per heavy atom. The quantitative estimate of drug-likeness (QED) is 0.352. The van der Waals surface area contributed by atoms with Crippen molar-refractivity contribution in [2.45, 2.75) is 0 Å². The zero-order valence-corrected chi connectivity index (χ0v) is 5.41. The topological polar surface area (TPSA) is 3.88 Å². The van der Waals surface area contributed by atoms with E-state index in [4.69, 9.17) is 6.42 Å². The van der Waals surface area contributed by atoms with Gasteiger partial charge in [0.2, 0.25) is 6.04 Å². The zero-order valence-electron chi connectivity index (χ0n) is 5.41. The summed E-state index contributed by atoms with van der Waals surface area (Å²) in [6.07, 6.45) is 8.61. The first-order chi connectivity index (χ1) is 4.93. The second-order valence-electron chi connectivity index (χ2n) is 1.66. The van der Waals surface area contributed by atoms with Crippen molar-refractivity contribution in [2.75, 3.05) is 0 Å². The summed E-state index contributed by atoms with van der Waals surface area (Å²) < 4.78 is 1.71. The Kier molecular flexibility index (Phi) is 2.13. The summed E-state index contributed by atoms with van der Waals surface area (Å²) in [5.41, 5.74) is 0. The molecule has 1 heterocycles. The molecule has 0 aromatic carbocycles. The Bertz CT molecular complexity index is 295. The molecule has 0 saturated carbocycles. The molecule has 1 nitrogen and oxygen atoms in total. The van der Waals surface area contributed by atoms with E-state index in [1.165, 1.54) is 0 Å². The van der Waals surface area contributed by atoms with Crippen molar-refractivity contribution in [1.29, 1.82) is 0 Å². The molecule has 1 aromatic rings. The SMILES string of the molecule is C#CC#C[n+]1ccccc1. The summed E-state index contributed by atoms with van der Waals surface area (Å²) in [4.78, 5) is 0. The van der Waals surface area contributed by atoms with Gasteiger partial charge in [0.25, 0.3) is 0 Å². The number of hydrogen-bond donors (Lipinski definition) is 0. The molecule has 1 rings (SSSR count). The lowest BCUT2D eigenvalue weighted by molar-refractivity contribution is -0.583. The van der Waals surface area contributed by atoms with Crippen LogP contribution in [0.1, 0.15) is 0 Å². The maximum atomic E-state index is 4.94. The maximum absolute atomic E-state index is 4.94. The average Bonchev–Trinajstić information content (AvgIpc) is 2.03. The Balaban J connectivity index is 2.89. The Morgan fingerprint density at radius 2 is 1.80 bits per heavy atom. The summed E-state index contributed by atoms with van der Waals surface area (Å²) in [5.74, 6) is 4.74. The lowest BCUT2D eigenvalue weighted by Crippen LogP contribution is -2.25. The number of nitrogens with zero attached hydrogens (tertiary/aromatic N) is 1. The smallest absolute Gasteiger partial charge is 0.118 e. The van der Waals surface area contributed by atoms with Crippen LogP contribution < -0.4 is 4.57 Å². The first-order valence-electron chi connectivity index (χ1n) is 2.86. The van der Waals surface area contributed by atoms with Crippen LogP contribution in [0.5, 0.6) is 0 Å². The number of terminal acetylenes is 1. The molecule has 0 amide bonds. The molecular formula is C9H6N+.